The fraction of sp³-hybridized carbons (Fsp3) is 0.846. The van der Waals surface area contributed by atoms with Gasteiger partial charge in [0.2, 0.25) is 0 Å². The Morgan fingerprint density at radius 2 is 1.71 bits per heavy atom. The lowest BCUT2D eigenvalue weighted by Gasteiger charge is -2.35. The molecule has 1 N–H and O–H groups in total. The predicted molar refractivity (Wildman–Crippen MR) is 59.1 cm³/mol. The largest absolute Gasteiger partial charge is 0.393 e. The van der Waals surface area contributed by atoms with Crippen LogP contribution in [0.4, 0.5) is 0 Å². The van der Waals surface area contributed by atoms with E-state index in [0.29, 0.717) is 0 Å². The first-order valence-corrected chi connectivity index (χ1v) is 6.13. The third kappa shape index (κ3) is 2.20. The van der Waals surface area contributed by atoms with Crippen molar-refractivity contribution in [1.82, 2.24) is 0 Å². The molecule has 0 aromatic carbocycles. The molecule has 1 heteroatoms. The van der Waals surface area contributed by atoms with Crippen LogP contribution in [0.15, 0.2) is 12.2 Å². The van der Waals surface area contributed by atoms with Crippen LogP contribution in [0.5, 0.6) is 0 Å². The molecule has 2 saturated carbocycles. The van der Waals surface area contributed by atoms with Crippen molar-refractivity contribution in [2.24, 2.45) is 11.8 Å². The first-order chi connectivity index (χ1) is 6.77. The fourth-order valence-electron chi connectivity index (χ4n) is 3.18. The second kappa shape index (κ2) is 4.48. The first-order valence-electron chi connectivity index (χ1n) is 6.13. The molecule has 1 nitrogen and oxygen atoms in total. The minimum atomic E-state index is -0.0110. The number of hydrogen-bond acceptors (Lipinski definition) is 1. The van der Waals surface area contributed by atoms with Gasteiger partial charge < -0.3 is 5.11 Å². The third-order valence-corrected chi connectivity index (χ3v) is 4.10. The molecule has 1 unspecified atom stereocenters. The molecule has 1 atom stereocenters. The maximum Gasteiger partial charge on any atom is 0.0540 e. The standard InChI is InChI=1S/C13H22O/c1-10-4-2-3-5-13(10)11-6-8-12(14)9-7-11/h11-14H,1-9H2. The van der Waals surface area contributed by atoms with Gasteiger partial charge in [0.15, 0.2) is 0 Å². The zero-order valence-corrected chi connectivity index (χ0v) is 9.04. The van der Waals surface area contributed by atoms with Crippen LogP contribution in [0.3, 0.4) is 0 Å². The van der Waals surface area contributed by atoms with Crippen LogP contribution in [0.1, 0.15) is 51.4 Å². The molecule has 2 fully saturated rings. The normalized spacial score (nSPS) is 39.8. The van der Waals surface area contributed by atoms with Crippen molar-refractivity contribution in [3.05, 3.63) is 12.2 Å². The highest BCUT2D eigenvalue weighted by atomic mass is 16.3. The van der Waals surface area contributed by atoms with E-state index >= 15 is 0 Å². The molecule has 14 heavy (non-hydrogen) atoms. The van der Waals surface area contributed by atoms with Gasteiger partial charge in [-0.1, -0.05) is 18.6 Å². The van der Waals surface area contributed by atoms with E-state index in [9.17, 15) is 5.11 Å². The Morgan fingerprint density at radius 1 is 1.00 bits per heavy atom. The minimum absolute atomic E-state index is 0.0110. The molecule has 2 aliphatic rings. The molecular formula is C13H22O. The molecule has 2 aliphatic carbocycles. The van der Waals surface area contributed by atoms with Gasteiger partial charge in [0.1, 0.15) is 0 Å². The highest BCUT2D eigenvalue weighted by Crippen LogP contribution is 2.40. The quantitative estimate of drug-likeness (QED) is 0.635. The summed E-state index contributed by atoms with van der Waals surface area (Å²) in [7, 11) is 0. The topological polar surface area (TPSA) is 20.2 Å². The second-order valence-electron chi connectivity index (χ2n) is 5.08. The summed E-state index contributed by atoms with van der Waals surface area (Å²) in [5.74, 6) is 1.63. The van der Waals surface area contributed by atoms with Crippen molar-refractivity contribution in [3.8, 4) is 0 Å². The molecule has 0 spiro atoms. The summed E-state index contributed by atoms with van der Waals surface area (Å²) in [4.78, 5) is 0. The van der Waals surface area contributed by atoms with Crippen LogP contribution < -0.4 is 0 Å². The summed E-state index contributed by atoms with van der Waals surface area (Å²) < 4.78 is 0. The lowest BCUT2D eigenvalue weighted by molar-refractivity contribution is 0.0921. The van der Waals surface area contributed by atoms with Gasteiger partial charge in [0.25, 0.3) is 0 Å². The summed E-state index contributed by atoms with van der Waals surface area (Å²) in [6, 6.07) is 0. The Hall–Kier alpha value is -0.300. The fourth-order valence-corrected chi connectivity index (χ4v) is 3.18. The average Bonchev–Trinajstić information content (AvgIpc) is 2.20. The SMILES string of the molecule is C=C1CCCCC1C1CCC(O)CC1. The zero-order valence-electron chi connectivity index (χ0n) is 9.04. The van der Waals surface area contributed by atoms with Gasteiger partial charge in [-0.3, -0.25) is 0 Å². The van der Waals surface area contributed by atoms with Crippen LogP contribution in [-0.4, -0.2) is 11.2 Å². The third-order valence-electron chi connectivity index (χ3n) is 4.10. The Labute approximate surface area is 87.2 Å². The molecular weight excluding hydrogens is 172 g/mol. The molecule has 80 valence electrons. The number of allylic oxidation sites excluding steroid dienone is 1. The van der Waals surface area contributed by atoms with E-state index in [2.05, 4.69) is 6.58 Å². The smallest absolute Gasteiger partial charge is 0.0540 e. The van der Waals surface area contributed by atoms with Crippen LogP contribution in [0.2, 0.25) is 0 Å². The van der Waals surface area contributed by atoms with E-state index < -0.39 is 0 Å². The molecule has 0 heterocycles. The van der Waals surface area contributed by atoms with Gasteiger partial charge >= 0.3 is 0 Å². The highest BCUT2D eigenvalue weighted by Gasteiger charge is 2.29. The second-order valence-corrected chi connectivity index (χ2v) is 5.08. The number of rotatable bonds is 1. The maximum atomic E-state index is 9.47. The Balaban J connectivity index is 1.90. The lowest BCUT2D eigenvalue weighted by Crippen LogP contribution is -2.26. The van der Waals surface area contributed by atoms with Crippen LogP contribution >= 0.6 is 0 Å². The van der Waals surface area contributed by atoms with Crippen LogP contribution in [0, 0.1) is 11.8 Å². The van der Waals surface area contributed by atoms with Crippen LogP contribution in [-0.2, 0) is 0 Å². The van der Waals surface area contributed by atoms with Crippen LogP contribution in [0.25, 0.3) is 0 Å². The van der Waals surface area contributed by atoms with Crippen molar-refractivity contribution in [2.45, 2.75) is 57.5 Å². The van der Waals surface area contributed by atoms with E-state index in [1.807, 2.05) is 0 Å². The van der Waals surface area contributed by atoms with E-state index in [4.69, 9.17) is 0 Å². The van der Waals surface area contributed by atoms with Gasteiger partial charge in [-0.25, -0.2) is 0 Å². The van der Waals surface area contributed by atoms with E-state index in [0.717, 1.165) is 24.7 Å². The van der Waals surface area contributed by atoms with Crippen molar-refractivity contribution in [3.63, 3.8) is 0 Å². The van der Waals surface area contributed by atoms with Crippen molar-refractivity contribution >= 4 is 0 Å². The summed E-state index contributed by atoms with van der Waals surface area (Å²) in [5, 5.41) is 9.47. The van der Waals surface area contributed by atoms with Gasteiger partial charge in [0, 0.05) is 0 Å². The predicted octanol–water partition coefficient (Wildman–Crippen LogP) is 3.28. The Bertz CT molecular complexity index is 201. The molecule has 0 aromatic rings. The maximum absolute atomic E-state index is 9.47. The molecule has 0 amide bonds. The van der Waals surface area contributed by atoms with Gasteiger partial charge in [-0.15, -0.1) is 0 Å². The monoisotopic (exact) mass is 194 g/mol. The number of aliphatic hydroxyl groups excluding tert-OH is 1. The summed E-state index contributed by atoms with van der Waals surface area (Å²) in [6.45, 7) is 4.23. The number of hydrogen-bond donors (Lipinski definition) is 1. The molecule has 0 aliphatic heterocycles. The van der Waals surface area contributed by atoms with Crippen molar-refractivity contribution < 1.29 is 5.11 Å². The van der Waals surface area contributed by atoms with Crippen molar-refractivity contribution in [2.75, 3.05) is 0 Å². The van der Waals surface area contributed by atoms with Gasteiger partial charge in [-0.2, -0.15) is 0 Å². The zero-order chi connectivity index (χ0) is 9.97. The van der Waals surface area contributed by atoms with Crippen molar-refractivity contribution in [1.29, 1.82) is 0 Å². The number of aliphatic hydroxyl groups is 1. The molecule has 2 rings (SSSR count). The van der Waals surface area contributed by atoms with E-state index in [1.54, 1.807) is 0 Å². The summed E-state index contributed by atoms with van der Waals surface area (Å²) >= 11 is 0. The molecule has 0 saturated heterocycles. The molecule has 0 aromatic heterocycles. The Kier molecular flexibility index (Phi) is 3.27. The summed E-state index contributed by atoms with van der Waals surface area (Å²) in [5.41, 5.74) is 1.50. The lowest BCUT2D eigenvalue weighted by atomic mass is 9.71. The van der Waals surface area contributed by atoms with E-state index in [-0.39, 0.29) is 6.10 Å². The van der Waals surface area contributed by atoms with E-state index in [1.165, 1.54) is 44.1 Å². The minimum Gasteiger partial charge on any atom is -0.393 e. The van der Waals surface area contributed by atoms with Gasteiger partial charge in [0.05, 0.1) is 6.10 Å². The first kappa shape index (κ1) is 10.2. The average molecular weight is 194 g/mol. The van der Waals surface area contributed by atoms with Gasteiger partial charge in [-0.05, 0) is 56.8 Å². The molecule has 0 bridgehead atoms. The summed E-state index contributed by atoms with van der Waals surface area (Å²) in [6.07, 6.45) is 9.85. The highest BCUT2D eigenvalue weighted by molar-refractivity contribution is 5.06. The molecule has 0 radical (unpaired) electrons. The Morgan fingerprint density at radius 3 is 2.36 bits per heavy atom.